The molecule has 1 amide bonds. The number of hydrogen-bond acceptors (Lipinski definition) is 6. The zero-order chi connectivity index (χ0) is 40.2. The topological polar surface area (TPSA) is 71.3 Å². The number of carbonyl (C=O) groups excluding carboxylic acids is 1. The van der Waals surface area contributed by atoms with Crippen molar-refractivity contribution >= 4 is 16.7 Å². The van der Waals surface area contributed by atoms with E-state index in [1.165, 1.54) is 61.3 Å². The van der Waals surface area contributed by atoms with Crippen LogP contribution in [0.15, 0.2) is 121 Å². The van der Waals surface area contributed by atoms with Gasteiger partial charge >= 0.3 is 0 Å². The summed E-state index contributed by atoms with van der Waals surface area (Å²) < 4.78 is 11.4. The van der Waals surface area contributed by atoms with E-state index in [1.54, 1.807) is 14.2 Å². The number of unbranched alkanes of at least 4 members (excludes halogenated alkanes) is 4. The summed E-state index contributed by atoms with van der Waals surface area (Å²) in [4.78, 5) is 21.5. The molecule has 5 aromatic rings. The fourth-order valence-electron chi connectivity index (χ4n) is 10.1. The van der Waals surface area contributed by atoms with Crippen LogP contribution in [0.5, 0.6) is 11.5 Å². The summed E-state index contributed by atoms with van der Waals surface area (Å²) in [6.45, 7) is 8.22. The molecule has 5 aromatic carbocycles. The van der Waals surface area contributed by atoms with Crippen molar-refractivity contribution in [3.63, 3.8) is 0 Å². The summed E-state index contributed by atoms with van der Waals surface area (Å²) in [5.74, 6) is 1.70. The summed E-state index contributed by atoms with van der Waals surface area (Å²) in [6.07, 6.45) is 10.6. The number of carbonyl (C=O) groups is 1. The molecule has 2 aliphatic heterocycles. The number of fused-ring (bicyclic) bond motifs is 1. The van der Waals surface area contributed by atoms with Gasteiger partial charge in [-0.2, -0.15) is 0 Å². The van der Waals surface area contributed by atoms with Crippen molar-refractivity contribution in [2.45, 2.75) is 75.8 Å². The minimum absolute atomic E-state index is 0.144. The van der Waals surface area contributed by atoms with Gasteiger partial charge in [0.2, 0.25) is 5.91 Å². The summed E-state index contributed by atoms with van der Waals surface area (Å²) in [5, 5.41) is 2.71. The average Bonchev–Trinajstić information content (AvgIpc) is 3.74. The van der Waals surface area contributed by atoms with Crippen molar-refractivity contribution < 1.29 is 14.3 Å². The van der Waals surface area contributed by atoms with Crippen molar-refractivity contribution in [2.75, 3.05) is 60.0 Å². The highest BCUT2D eigenvalue weighted by molar-refractivity contribution is 5.91. The maximum Gasteiger partial charge on any atom is 0.232 e. The number of nitrogens with two attached hydrogens (primary N) is 1. The number of benzene rings is 5. The highest BCUT2D eigenvalue weighted by Crippen LogP contribution is 2.43. The highest BCUT2D eigenvalue weighted by Gasteiger charge is 2.49. The van der Waals surface area contributed by atoms with Crippen LogP contribution in [0.25, 0.3) is 10.8 Å². The highest BCUT2D eigenvalue weighted by atomic mass is 16.5. The Balaban J connectivity index is 0.912. The Bertz CT molecular complexity index is 1960. The Hall–Kier alpha value is -4.69. The zero-order valence-corrected chi connectivity index (χ0v) is 34.9. The second-order valence-electron chi connectivity index (χ2n) is 16.5. The molecule has 0 spiro atoms. The molecule has 2 aliphatic rings. The molecular weight excluding hydrogens is 717 g/mol. The van der Waals surface area contributed by atoms with Crippen LogP contribution in [0.4, 0.5) is 0 Å². The van der Waals surface area contributed by atoms with Gasteiger partial charge in [0, 0.05) is 25.7 Å². The average molecular weight is 781 g/mol. The maximum atomic E-state index is 13.5. The first-order valence-corrected chi connectivity index (χ1v) is 21.8. The van der Waals surface area contributed by atoms with E-state index in [9.17, 15) is 4.79 Å². The second kappa shape index (κ2) is 20.3. The second-order valence-corrected chi connectivity index (χ2v) is 16.5. The lowest BCUT2D eigenvalue weighted by Crippen LogP contribution is -2.49. The van der Waals surface area contributed by atoms with Gasteiger partial charge < -0.3 is 20.1 Å². The number of piperidine rings is 1. The summed E-state index contributed by atoms with van der Waals surface area (Å²) in [5.41, 5.74) is 10.1. The Labute approximate surface area is 347 Å². The largest absolute Gasteiger partial charge is 0.496 e. The molecule has 2 fully saturated rings. The maximum absolute atomic E-state index is 13.5. The van der Waals surface area contributed by atoms with Crippen molar-refractivity contribution in [1.29, 1.82) is 0 Å². The lowest BCUT2D eigenvalue weighted by atomic mass is 9.64. The first-order valence-electron chi connectivity index (χ1n) is 21.8. The van der Waals surface area contributed by atoms with Gasteiger partial charge in [0.1, 0.15) is 16.9 Å². The lowest BCUT2D eigenvalue weighted by molar-refractivity contribution is -0.123. The van der Waals surface area contributed by atoms with Crippen LogP contribution in [-0.4, -0.2) is 86.7 Å². The summed E-state index contributed by atoms with van der Waals surface area (Å²) in [6, 6.07) is 42.7. The van der Waals surface area contributed by atoms with Crippen LogP contribution in [0.2, 0.25) is 0 Å². The number of rotatable bonds is 20. The molecule has 2 saturated heterocycles. The van der Waals surface area contributed by atoms with Gasteiger partial charge in [0.05, 0.1) is 19.8 Å². The molecule has 58 heavy (non-hydrogen) atoms. The minimum atomic E-state index is -0.823. The Kier molecular flexibility index (Phi) is 14.5. The predicted molar refractivity (Wildman–Crippen MR) is 238 cm³/mol. The van der Waals surface area contributed by atoms with Gasteiger partial charge in [-0.1, -0.05) is 128 Å². The van der Waals surface area contributed by atoms with E-state index in [0.717, 1.165) is 93.4 Å². The number of primary amides is 1. The van der Waals surface area contributed by atoms with Crippen LogP contribution in [0, 0.1) is 5.92 Å². The van der Waals surface area contributed by atoms with Crippen LogP contribution in [0.3, 0.4) is 0 Å². The SMILES string of the molecule is COc1cccc(OC)c1CN1CCC(N(CCCCCCCN2CC[C@@H](C(C(N)=O)(c3ccccc3)c3ccccc3)C2)CCc2cccc3ccccc23)CC1. The Morgan fingerprint density at radius 2 is 1.26 bits per heavy atom. The van der Waals surface area contributed by atoms with E-state index in [2.05, 4.69) is 81.4 Å². The quantitative estimate of drug-likeness (QED) is 0.0796. The standard InChI is InChI=1S/C51H64N4O3/c1-57-48-26-17-27-49(58-2)47(48)39-54-35-30-45(31-36-54)55(37-28-41-20-16-19-40-18-12-13-25-46(40)41)33-15-5-3-4-14-32-53-34-29-44(38-53)51(50(52)56,42-21-8-6-9-22-42)43-23-10-7-11-24-43/h6-13,16-27,44-45H,3-5,14-15,28-39H2,1-2H3,(H2,52,56)/t44-/m1/s1. The van der Waals surface area contributed by atoms with Crippen molar-refractivity contribution in [1.82, 2.24) is 14.7 Å². The van der Waals surface area contributed by atoms with Crippen molar-refractivity contribution in [3.05, 3.63) is 144 Å². The smallest absolute Gasteiger partial charge is 0.232 e. The van der Waals surface area contributed by atoms with Crippen molar-refractivity contribution in [2.24, 2.45) is 11.7 Å². The molecule has 7 heteroatoms. The molecule has 7 rings (SSSR count). The number of hydrogen-bond donors (Lipinski definition) is 1. The number of likely N-dealkylation sites (tertiary alicyclic amines) is 2. The molecule has 1 atom stereocenters. The Morgan fingerprint density at radius 1 is 0.672 bits per heavy atom. The normalized spacial score (nSPS) is 16.9. The number of methoxy groups -OCH3 is 2. The number of nitrogens with zero attached hydrogens (tertiary/aromatic N) is 3. The van der Waals surface area contributed by atoms with E-state index in [-0.39, 0.29) is 11.8 Å². The van der Waals surface area contributed by atoms with Gasteiger partial charge in [-0.15, -0.1) is 0 Å². The number of ether oxygens (including phenoxy) is 2. The molecule has 0 radical (unpaired) electrons. The van der Waals surface area contributed by atoms with Crippen LogP contribution < -0.4 is 15.2 Å². The molecular formula is C51H64N4O3. The minimum Gasteiger partial charge on any atom is -0.496 e. The fraction of sp³-hybridized carbons (Fsp3) is 0.431. The van der Waals surface area contributed by atoms with Crippen LogP contribution >= 0.6 is 0 Å². The third-order valence-corrected chi connectivity index (χ3v) is 13.2. The molecule has 306 valence electrons. The molecule has 2 N–H and O–H groups in total. The molecule has 0 bridgehead atoms. The fourth-order valence-corrected chi connectivity index (χ4v) is 10.1. The van der Waals surface area contributed by atoms with E-state index in [0.29, 0.717) is 6.04 Å². The van der Waals surface area contributed by atoms with E-state index < -0.39 is 5.41 Å². The molecule has 0 saturated carbocycles. The van der Waals surface area contributed by atoms with Gasteiger partial charge in [0.25, 0.3) is 0 Å². The predicted octanol–water partition coefficient (Wildman–Crippen LogP) is 9.11. The first-order chi connectivity index (χ1) is 28.5. The van der Waals surface area contributed by atoms with Crippen LogP contribution in [-0.2, 0) is 23.2 Å². The van der Waals surface area contributed by atoms with Gasteiger partial charge in [-0.25, -0.2) is 0 Å². The first kappa shape index (κ1) is 41.5. The summed E-state index contributed by atoms with van der Waals surface area (Å²) in [7, 11) is 3.49. The van der Waals surface area contributed by atoms with Crippen LogP contribution in [0.1, 0.15) is 73.6 Å². The summed E-state index contributed by atoms with van der Waals surface area (Å²) >= 11 is 0. The van der Waals surface area contributed by atoms with Gasteiger partial charge in [-0.05, 0) is 117 Å². The zero-order valence-electron chi connectivity index (χ0n) is 34.9. The third kappa shape index (κ3) is 9.60. The van der Waals surface area contributed by atoms with Crippen molar-refractivity contribution in [3.8, 4) is 11.5 Å². The van der Waals surface area contributed by atoms with E-state index in [4.69, 9.17) is 15.2 Å². The Morgan fingerprint density at radius 3 is 1.93 bits per heavy atom. The lowest BCUT2D eigenvalue weighted by Gasteiger charge is -2.39. The molecule has 0 aromatic heterocycles. The van der Waals surface area contributed by atoms with E-state index in [1.807, 2.05) is 54.6 Å². The molecule has 7 nitrogen and oxygen atoms in total. The molecule has 0 unspecified atom stereocenters. The molecule has 2 heterocycles. The van der Waals surface area contributed by atoms with E-state index >= 15 is 0 Å². The van der Waals surface area contributed by atoms with Gasteiger partial charge in [0.15, 0.2) is 0 Å². The number of amides is 1. The third-order valence-electron chi connectivity index (χ3n) is 13.2. The monoisotopic (exact) mass is 780 g/mol. The van der Waals surface area contributed by atoms with Gasteiger partial charge in [-0.3, -0.25) is 14.6 Å². The molecule has 0 aliphatic carbocycles.